The number of hydrogen-bond donors (Lipinski definition) is 1. The third-order valence-corrected chi connectivity index (χ3v) is 3.62. The Bertz CT molecular complexity index is 529. The summed E-state index contributed by atoms with van der Waals surface area (Å²) < 4.78 is 0. The first-order chi connectivity index (χ1) is 8.29. The standard InChI is InChI=1S/C13H11ClN2S/c14-13-8-11(4-3-10(13)9-15)16-6-5-12-2-1-7-17-12/h1-4,7-8,16H,5-6H2. The fraction of sp³-hybridized carbons (Fsp3) is 0.154. The number of nitriles is 1. The third kappa shape index (κ3) is 3.23. The molecule has 2 rings (SSSR count). The maximum atomic E-state index is 8.76. The quantitative estimate of drug-likeness (QED) is 0.906. The third-order valence-electron chi connectivity index (χ3n) is 2.37. The number of benzene rings is 1. The van der Waals surface area contributed by atoms with Crippen LogP contribution in [0.2, 0.25) is 5.02 Å². The zero-order chi connectivity index (χ0) is 12.1. The molecule has 0 bridgehead atoms. The number of thiophene rings is 1. The molecule has 17 heavy (non-hydrogen) atoms. The van der Waals surface area contributed by atoms with Gasteiger partial charge < -0.3 is 5.32 Å². The second-order valence-electron chi connectivity index (χ2n) is 3.56. The molecule has 1 heterocycles. The van der Waals surface area contributed by atoms with E-state index in [2.05, 4.69) is 22.8 Å². The van der Waals surface area contributed by atoms with Crippen molar-refractivity contribution in [2.45, 2.75) is 6.42 Å². The van der Waals surface area contributed by atoms with Gasteiger partial charge >= 0.3 is 0 Å². The molecule has 0 aliphatic heterocycles. The van der Waals surface area contributed by atoms with Crippen LogP contribution < -0.4 is 5.32 Å². The van der Waals surface area contributed by atoms with E-state index < -0.39 is 0 Å². The van der Waals surface area contributed by atoms with E-state index in [1.165, 1.54) is 4.88 Å². The Kier molecular flexibility index (Phi) is 4.03. The smallest absolute Gasteiger partial charge is 0.101 e. The van der Waals surface area contributed by atoms with Gasteiger partial charge in [0.15, 0.2) is 0 Å². The van der Waals surface area contributed by atoms with Crippen LogP contribution in [0.4, 0.5) is 5.69 Å². The Labute approximate surface area is 109 Å². The molecule has 1 aromatic heterocycles. The highest BCUT2D eigenvalue weighted by molar-refractivity contribution is 7.09. The lowest BCUT2D eigenvalue weighted by molar-refractivity contribution is 1.04. The van der Waals surface area contributed by atoms with E-state index in [0.29, 0.717) is 10.6 Å². The van der Waals surface area contributed by atoms with Gasteiger partial charge in [0, 0.05) is 17.1 Å². The van der Waals surface area contributed by atoms with Gasteiger partial charge in [-0.15, -0.1) is 11.3 Å². The minimum atomic E-state index is 0.494. The Balaban J connectivity index is 1.91. The van der Waals surface area contributed by atoms with Gasteiger partial charge in [-0.2, -0.15) is 5.26 Å². The molecule has 2 nitrogen and oxygen atoms in total. The van der Waals surface area contributed by atoms with Crippen LogP contribution in [0.1, 0.15) is 10.4 Å². The van der Waals surface area contributed by atoms with Crippen LogP contribution in [-0.4, -0.2) is 6.54 Å². The molecule has 0 saturated carbocycles. The summed E-state index contributed by atoms with van der Waals surface area (Å²) in [5.41, 5.74) is 1.46. The van der Waals surface area contributed by atoms with E-state index in [1.807, 2.05) is 12.1 Å². The van der Waals surface area contributed by atoms with Crippen LogP contribution in [-0.2, 0) is 6.42 Å². The number of nitrogens with one attached hydrogen (secondary N) is 1. The summed E-state index contributed by atoms with van der Waals surface area (Å²) in [4.78, 5) is 1.36. The van der Waals surface area contributed by atoms with Crippen molar-refractivity contribution in [3.8, 4) is 6.07 Å². The van der Waals surface area contributed by atoms with Crippen LogP contribution in [0.25, 0.3) is 0 Å². The largest absolute Gasteiger partial charge is 0.385 e. The van der Waals surface area contributed by atoms with E-state index in [1.54, 1.807) is 23.5 Å². The highest BCUT2D eigenvalue weighted by Gasteiger charge is 2.00. The number of rotatable bonds is 4. The molecule has 0 aliphatic rings. The summed E-state index contributed by atoms with van der Waals surface area (Å²) in [6.45, 7) is 0.864. The van der Waals surface area contributed by atoms with Gasteiger partial charge in [-0.05, 0) is 36.1 Å². The van der Waals surface area contributed by atoms with Crippen LogP contribution >= 0.6 is 22.9 Å². The Morgan fingerprint density at radius 3 is 2.88 bits per heavy atom. The summed E-state index contributed by atoms with van der Waals surface area (Å²) >= 11 is 7.71. The van der Waals surface area contributed by atoms with Gasteiger partial charge in [0.2, 0.25) is 0 Å². The average Bonchev–Trinajstić information content (AvgIpc) is 2.82. The molecule has 0 spiro atoms. The lowest BCUT2D eigenvalue weighted by atomic mass is 10.2. The highest BCUT2D eigenvalue weighted by atomic mass is 35.5. The Morgan fingerprint density at radius 2 is 2.24 bits per heavy atom. The van der Waals surface area contributed by atoms with Crippen LogP contribution in [0, 0.1) is 11.3 Å². The number of anilines is 1. The summed E-state index contributed by atoms with van der Waals surface area (Å²) in [7, 11) is 0. The van der Waals surface area contributed by atoms with Crippen molar-refractivity contribution in [1.82, 2.24) is 0 Å². The number of nitrogens with zero attached hydrogens (tertiary/aromatic N) is 1. The van der Waals surface area contributed by atoms with Crippen molar-refractivity contribution in [1.29, 1.82) is 5.26 Å². The second-order valence-corrected chi connectivity index (χ2v) is 5.00. The van der Waals surface area contributed by atoms with E-state index in [4.69, 9.17) is 16.9 Å². The fourth-order valence-corrected chi connectivity index (χ4v) is 2.43. The molecule has 2 aromatic rings. The van der Waals surface area contributed by atoms with Gasteiger partial charge in [0.05, 0.1) is 10.6 Å². The molecule has 0 saturated heterocycles. The Morgan fingerprint density at radius 1 is 1.35 bits per heavy atom. The summed E-state index contributed by atoms with van der Waals surface area (Å²) in [6.07, 6.45) is 0.995. The van der Waals surface area contributed by atoms with E-state index in [-0.39, 0.29) is 0 Å². The molecule has 1 N–H and O–H groups in total. The lowest BCUT2D eigenvalue weighted by Gasteiger charge is -2.06. The first kappa shape index (κ1) is 12.0. The molecule has 1 aromatic carbocycles. The molecular formula is C13H11ClN2S. The van der Waals surface area contributed by atoms with Crippen LogP contribution in [0.15, 0.2) is 35.7 Å². The fourth-order valence-electron chi connectivity index (χ4n) is 1.50. The predicted octanol–water partition coefficient (Wildman–Crippen LogP) is 3.93. The zero-order valence-electron chi connectivity index (χ0n) is 9.11. The minimum Gasteiger partial charge on any atom is -0.385 e. The molecule has 0 aliphatic carbocycles. The molecule has 0 fully saturated rings. The van der Waals surface area contributed by atoms with Crippen molar-refractivity contribution < 1.29 is 0 Å². The van der Waals surface area contributed by atoms with Crippen molar-refractivity contribution in [2.75, 3.05) is 11.9 Å². The molecule has 86 valence electrons. The van der Waals surface area contributed by atoms with E-state index in [9.17, 15) is 0 Å². The number of hydrogen-bond acceptors (Lipinski definition) is 3. The minimum absolute atomic E-state index is 0.494. The van der Waals surface area contributed by atoms with Crippen molar-refractivity contribution in [2.24, 2.45) is 0 Å². The van der Waals surface area contributed by atoms with E-state index >= 15 is 0 Å². The number of halogens is 1. The zero-order valence-corrected chi connectivity index (χ0v) is 10.7. The Hall–Kier alpha value is -1.50. The molecule has 0 unspecified atom stereocenters. The average molecular weight is 263 g/mol. The van der Waals surface area contributed by atoms with E-state index in [0.717, 1.165) is 18.7 Å². The first-order valence-corrected chi connectivity index (χ1v) is 6.51. The van der Waals surface area contributed by atoms with Crippen LogP contribution in [0.3, 0.4) is 0 Å². The summed E-state index contributed by atoms with van der Waals surface area (Å²) in [5.74, 6) is 0. The van der Waals surface area contributed by atoms with Crippen LogP contribution in [0.5, 0.6) is 0 Å². The van der Waals surface area contributed by atoms with Gasteiger partial charge in [0.25, 0.3) is 0 Å². The molecular weight excluding hydrogens is 252 g/mol. The molecule has 0 amide bonds. The van der Waals surface area contributed by atoms with Gasteiger partial charge in [-0.3, -0.25) is 0 Å². The van der Waals surface area contributed by atoms with Gasteiger partial charge in [0.1, 0.15) is 6.07 Å². The normalized spacial score (nSPS) is 9.88. The predicted molar refractivity (Wildman–Crippen MR) is 72.7 cm³/mol. The molecule has 0 radical (unpaired) electrons. The monoisotopic (exact) mass is 262 g/mol. The van der Waals surface area contributed by atoms with Crippen molar-refractivity contribution >= 4 is 28.6 Å². The van der Waals surface area contributed by atoms with Crippen molar-refractivity contribution in [3.63, 3.8) is 0 Å². The van der Waals surface area contributed by atoms with Gasteiger partial charge in [-0.25, -0.2) is 0 Å². The summed E-state index contributed by atoms with van der Waals surface area (Å²) in [5, 5.41) is 14.6. The second kappa shape index (κ2) is 5.72. The molecule has 4 heteroatoms. The maximum Gasteiger partial charge on any atom is 0.101 e. The SMILES string of the molecule is N#Cc1ccc(NCCc2cccs2)cc1Cl. The highest BCUT2D eigenvalue weighted by Crippen LogP contribution is 2.20. The first-order valence-electron chi connectivity index (χ1n) is 5.25. The van der Waals surface area contributed by atoms with Crippen molar-refractivity contribution in [3.05, 3.63) is 51.2 Å². The topological polar surface area (TPSA) is 35.8 Å². The summed E-state index contributed by atoms with van der Waals surface area (Å²) in [6, 6.07) is 11.6. The molecule has 0 atom stereocenters. The lowest BCUT2D eigenvalue weighted by Crippen LogP contribution is -2.03. The maximum absolute atomic E-state index is 8.76. The van der Waals surface area contributed by atoms with Gasteiger partial charge in [-0.1, -0.05) is 17.7 Å².